The minimum absolute atomic E-state index is 0.00179. The molecule has 0 saturated heterocycles. The maximum absolute atomic E-state index is 13.6. The third-order valence-electron chi connectivity index (χ3n) is 6.86. The number of nitrogens with one attached hydrogen (secondary N) is 1. The zero-order chi connectivity index (χ0) is 27.7. The number of pyridine rings is 1. The number of rotatable bonds is 10. The smallest absolute Gasteiger partial charge is 0.295 e. The van der Waals surface area contributed by atoms with E-state index in [1.165, 1.54) is 18.6 Å². The number of fused-ring (bicyclic) bond motifs is 1. The van der Waals surface area contributed by atoms with Crippen LogP contribution in [0.2, 0.25) is 0 Å². The van der Waals surface area contributed by atoms with Crippen LogP contribution in [0.5, 0.6) is 5.88 Å². The van der Waals surface area contributed by atoms with Crippen molar-refractivity contribution in [3.8, 4) is 17.3 Å². The van der Waals surface area contributed by atoms with Crippen LogP contribution < -0.4 is 15.6 Å². The molecule has 0 unspecified atom stereocenters. The number of nitrogens with zero attached hydrogens (tertiary/aromatic N) is 7. The second-order valence-corrected chi connectivity index (χ2v) is 11.7. The molecule has 12 nitrogen and oxygen atoms in total. The molecule has 39 heavy (non-hydrogen) atoms. The van der Waals surface area contributed by atoms with Crippen molar-refractivity contribution in [1.29, 1.82) is 0 Å². The van der Waals surface area contributed by atoms with Crippen LogP contribution in [0.15, 0.2) is 40.5 Å². The Morgan fingerprint density at radius 1 is 1.10 bits per heavy atom. The van der Waals surface area contributed by atoms with Crippen LogP contribution >= 0.6 is 0 Å². The number of hydrogen-bond acceptors (Lipinski definition) is 11. The van der Waals surface area contributed by atoms with E-state index in [2.05, 4.69) is 30.2 Å². The Morgan fingerprint density at radius 3 is 2.54 bits per heavy atom. The Bertz CT molecular complexity index is 1690. The number of aromatic nitrogens is 7. The van der Waals surface area contributed by atoms with Crippen molar-refractivity contribution in [3.05, 3.63) is 52.6 Å². The first-order valence-corrected chi connectivity index (χ1v) is 14.5. The van der Waals surface area contributed by atoms with Crippen LogP contribution in [-0.4, -0.2) is 55.8 Å². The van der Waals surface area contributed by atoms with Crippen molar-refractivity contribution in [2.45, 2.75) is 63.4 Å². The van der Waals surface area contributed by atoms with E-state index in [1.807, 2.05) is 13.8 Å². The molecular weight excluding hydrogens is 520 g/mol. The summed E-state index contributed by atoms with van der Waals surface area (Å²) in [6.45, 7) is 5.71. The van der Waals surface area contributed by atoms with Gasteiger partial charge in [0.2, 0.25) is 5.88 Å². The van der Waals surface area contributed by atoms with E-state index in [1.54, 1.807) is 30.9 Å². The lowest BCUT2D eigenvalue weighted by molar-refractivity contribution is 0.397. The lowest BCUT2D eigenvalue weighted by atomic mass is 10.1. The van der Waals surface area contributed by atoms with Crippen molar-refractivity contribution in [2.24, 2.45) is 0 Å². The molecule has 1 aliphatic carbocycles. The summed E-state index contributed by atoms with van der Waals surface area (Å²) in [6.07, 6.45) is 7.15. The SMILES string of the molecule is CC[C@H](C)n1c(=O)c(NCc2ccc(S(=O)(=O)CC)cn2)nc2cnc(-c3c(OC)ncnc3C3CC3)nc21. The third-order valence-corrected chi connectivity index (χ3v) is 8.58. The first kappa shape index (κ1) is 26.6. The standard InChI is InChI=1S/C26H30N8O4S/c1-5-15(3)34-24-19(13-29-22(33-24)20-21(16-7-8-16)30-14-31-25(20)38-4)32-23(26(34)35)28-11-17-9-10-18(12-27-17)39(36,37)6-2/h9-10,12-16H,5-8,11H2,1-4H3,(H,28,32)/t15-/m0/s1. The minimum Gasteiger partial charge on any atom is -0.480 e. The highest BCUT2D eigenvalue weighted by molar-refractivity contribution is 7.91. The summed E-state index contributed by atoms with van der Waals surface area (Å²) in [4.78, 5) is 40.6. The summed E-state index contributed by atoms with van der Waals surface area (Å²) in [5.41, 5.74) is 2.57. The molecule has 4 heterocycles. The number of hydrogen-bond donors (Lipinski definition) is 1. The Labute approximate surface area is 225 Å². The van der Waals surface area contributed by atoms with Gasteiger partial charge < -0.3 is 10.1 Å². The lowest BCUT2D eigenvalue weighted by Gasteiger charge is -2.18. The highest BCUT2D eigenvalue weighted by atomic mass is 32.2. The summed E-state index contributed by atoms with van der Waals surface area (Å²) >= 11 is 0. The molecule has 4 aromatic rings. The highest BCUT2D eigenvalue weighted by Crippen LogP contribution is 2.44. The van der Waals surface area contributed by atoms with Gasteiger partial charge in [0.15, 0.2) is 27.1 Å². The predicted molar refractivity (Wildman–Crippen MR) is 145 cm³/mol. The van der Waals surface area contributed by atoms with Crippen molar-refractivity contribution in [2.75, 3.05) is 18.2 Å². The van der Waals surface area contributed by atoms with Crippen molar-refractivity contribution in [1.82, 2.24) is 34.5 Å². The fourth-order valence-electron chi connectivity index (χ4n) is 4.28. The third kappa shape index (κ3) is 5.18. The van der Waals surface area contributed by atoms with Gasteiger partial charge in [-0.05, 0) is 38.3 Å². The average Bonchev–Trinajstić information content (AvgIpc) is 3.81. The molecule has 0 spiro atoms. The Morgan fingerprint density at radius 2 is 1.90 bits per heavy atom. The molecule has 0 bridgehead atoms. The fraction of sp³-hybridized carbons (Fsp3) is 0.423. The molecule has 1 saturated carbocycles. The Kier molecular flexibility index (Phi) is 7.25. The average molecular weight is 551 g/mol. The summed E-state index contributed by atoms with van der Waals surface area (Å²) in [7, 11) is -1.80. The van der Waals surface area contributed by atoms with Crippen LogP contribution in [0, 0.1) is 0 Å². The van der Waals surface area contributed by atoms with Gasteiger partial charge in [0.25, 0.3) is 5.56 Å². The zero-order valence-corrected chi connectivity index (χ0v) is 23.1. The Hall–Kier alpha value is -4.00. The van der Waals surface area contributed by atoms with E-state index in [4.69, 9.17) is 9.72 Å². The summed E-state index contributed by atoms with van der Waals surface area (Å²) < 4.78 is 31.3. The number of sulfone groups is 1. The van der Waals surface area contributed by atoms with Gasteiger partial charge in [-0.2, -0.15) is 0 Å². The predicted octanol–water partition coefficient (Wildman–Crippen LogP) is 3.30. The van der Waals surface area contributed by atoms with E-state index >= 15 is 0 Å². The summed E-state index contributed by atoms with van der Waals surface area (Å²) in [6, 6.07) is 2.96. The van der Waals surface area contributed by atoms with Gasteiger partial charge >= 0.3 is 0 Å². The molecule has 1 fully saturated rings. The monoisotopic (exact) mass is 550 g/mol. The molecule has 1 aliphatic rings. The van der Waals surface area contributed by atoms with Gasteiger partial charge in [-0.25, -0.2) is 33.3 Å². The maximum Gasteiger partial charge on any atom is 0.295 e. The van der Waals surface area contributed by atoms with Crippen molar-refractivity contribution in [3.63, 3.8) is 0 Å². The topological polar surface area (TPSA) is 155 Å². The molecule has 1 N–H and O–H groups in total. The van der Waals surface area contributed by atoms with Crippen molar-refractivity contribution >= 4 is 26.8 Å². The largest absolute Gasteiger partial charge is 0.480 e. The quantitative estimate of drug-likeness (QED) is 0.309. The fourth-order valence-corrected chi connectivity index (χ4v) is 5.10. The summed E-state index contributed by atoms with van der Waals surface area (Å²) in [5.74, 6) is 1.21. The molecule has 204 valence electrons. The molecule has 5 rings (SSSR count). The second-order valence-electron chi connectivity index (χ2n) is 9.45. The van der Waals surface area contributed by atoms with E-state index in [9.17, 15) is 13.2 Å². The summed E-state index contributed by atoms with van der Waals surface area (Å²) in [5, 5.41) is 3.06. The molecular formula is C26H30N8O4S. The normalized spacial score (nSPS) is 14.4. The van der Waals surface area contributed by atoms with Gasteiger partial charge in [0.05, 0.1) is 41.9 Å². The van der Waals surface area contributed by atoms with Crippen LogP contribution in [0.4, 0.5) is 5.82 Å². The molecule has 0 aromatic carbocycles. The minimum atomic E-state index is -3.34. The van der Waals surface area contributed by atoms with Crippen LogP contribution in [0.1, 0.15) is 63.4 Å². The van der Waals surface area contributed by atoms with E-state index < -0.39 is 9.84 Å². The van der Waals surface area contributed by atoms with Crippen molar-refractivity contribution < 1.29 is 13.2 Å². The van der Waals surface area contributed by atoms with E-state index in [0.29, 0.717) is 46.5 Å². The maximum atomic E-state index is 13.6. The van der Waals surface area contributed by atoms with Crippen LogP contribution in [-0.2, 0) is 16.4 Å². The Balaban J connectivity index is 1.54. The van der Waals surface area contributed by atoms with Gasteiger partial charge in [0.1, 0.15) is 17.4 Å². The molecule has 0 radical (unpaired) electrons. The van der Waals surface area contributed by atoms with Gasteiger partial charge in [-0.1, -0.05) is 13.8 Å². The number of ether oxygens (including phenoxy) is 1. The van der Waals surface area contributed by atoms with Crippen LogP contribution in [0.25, 0.3) is 22.6 Å². The van der Waals surface area contributed by atoms with Gasteiger partial charge in [-0.15, -0.1) is 0 Å². The molecule has 4 aromatic heterocycles. The molecule has 0 amide bonds. The second kappa shape index (κ2) is 10.6. The number of methoxy groups -OCH3 is 1. The molecule has 1 atom stereocenters. The van der Waals surface area contributed by atoms with Gasteiger partial charge in [0, 0.05) is 18.2 Å². The van der Waals surface area contributed by atoms with E-state index in [0.717, 1.165) is 18.5 Å². The van der Waals surface area contributed by atoms with Gasteiger partial charge in [-0.3, -0.25) is 14.3 Å². The zero-order valence-electron chi connectivity index (χ0n) is 22.2. The molecule has 0 aliphatic heterocycles. The molecule has 13 heteroatoms. The van der Waals surface area contributed by atoms with E-state index in [-0.39, 0.29) is 34.6 Å². The number of anilines is 1. The first-order valence-electron chi connectivity index (χ1n) is 12.9. The van der Waals surface area contributed by atoms with Crippen LogP contribution in [0.3, 0.4) is 0 Å². The first-order chi connectivity index (χ1) is 18.8. The highest BCUT2D eigenvalue weighted by Gasteiger charge is 2.31. The lowest BCUT2D eigenvalue weighted by Crippen LogP contribution is -2.28.